The first-order valence-corrected chi connectivity index (χ1v) is 12.9. The van der Waals surface area contributed by atoms with Gasteiger partial charge in [0.1, 0.15) is 12.4 Å². The Kier molecular flexibility index (Phi) is 8.25. The summed E-state index contributed by atoms with van der Waals surface area (Å²) >= 11 is 9.73. The normalized spacial score (nSPS) is 15.0. The van der Waals surface area contributed by atoms with Crippen LogP contribution in [0, 0.1) is 5.82 Å². The van der Waals surface area contributed by atoms with Gasteiger partial charge in [-0.05, 0) is 70.9 Å². The van der Waals surface area contributed by atoms with E-state index in [0.717, 1.165) is 28.8 Å². The average molecular weight is 612 g/mol. The molecule has 1 aliphatic rings. The van der Waals surface area contributed by atoms with Crippen LogP contribution in [0.2, 0.25) is 0 Å². The molecule has 0 unspecified atom stereocenters. The molecule has 1 amide bonds. The van der Waals surface area contributed by atoms with Gasteiger partial charge in [0.05, 0.1) is 27.2 Å². The van der Waals surface area contributed by atoms with E-state index in [1.165, 1.54) is 18.2 Å². The number of thiocarbonyl (C=S) groups is 1. The summed E-state index contributed by atoms with van der Waals surface area (Å²) in [6, 6.07) is 14.0. The SMILES string of the molecule is CCOc1cc(/C=C2/SC(=S)N(c3cccc(C(F)(F)F)c3)C2=O)cc(Br)c1OCc1ccccc1F. The lowest BCUT2D eigenvalue weighted by molar-refractivity contribution is -0.137. The minimum Gasteiger partial charge on any atom is -0.490 e. The third kappa shape index (κ3) is 6.16. The second-order valence-electron chi connectivity index (χ2n) is 7.71. The van der Waals surface area contributed by atoms with Gasteiger partial charge in [-0.15, -0.1) is 0 Å². The van der Waals surface area contributed by atoms with Crippen LogP contribution >= 0.6 is 39.9 Å². The maximum Gasteiger partial charge on any atom is 0.416 e. The van der Waals surface area contributed by atoms with Crippen LogP contribution in [0.1, 0.15) is 23.6 Å². The van der Waals surface area contributed by atoms with Crippen LogP contribution < -0.4 is 14.4 Å². The number of nitrogens with zero attached hydrogens (tertiary/aromatic N) is 1. The van der Waals surface area contributed by atoms with Crippen molar-refractivity contribution < 1.29 is 31.8 Å². The maximum atomic E-state index is 14.0. The molecule has 4 nitrogen and oxygen atoms in total. The van der Waals surface area contributed by atoms with Gasteiger partial charge in [-0.25, -0.2) is 4.39 Å². The van der Waals surface area contributed by atoms with Gasteiger partial charge in [-0.2, -0.15) is 13.2 Å². The highest BCUT2D eigenvalue weighted by molar-refractivity contribution is 9.10. The van der Waals surface area contributed by atoms with Crippen molar-refractivity contribution >= 4 is 61.9 Å². The number of benzene rings is 3. The Labute approximate surface area is 228 Å². The molecule has 1 heterocycles. The number of hydrogen-bond donors (Lipinski definition) is 0. The fourth-order valence-electron chi connectivity index (χ4n) is 3.50. The Balaban J connectivity index is 1.61. The van der Waals surface area contributed by atoms with Crippen molar-refractivity contribution in [2.75, 3.05) is 11.5 Å². The third-order valence-electron chi connectivity index (χ3n) is 5.18. The van der Waals surface area contributed by atoms with Crippen LogP contribution in [0.4, 0.5) is 23.2 Å². The zero-order valence-electron chi connectivity index (χ0n) is 19.1. The predicted octanol–water partition coefficient (Wildman–Crippen LogP) is 7.99. The van der Waals surface area contributed by atoms with E-state index in [1.807, 2.05) is 0 Å². The summed E-state index contributed by atoms with van der Waals surface area (Å²) in [7, 11) is 0. The molecular formula is C26H18BrF4NO3S2. The van der Waals surface area contributed by atoms with E-state index in [1.54, 1.807) is 43.3 Å². The topological polar surface area (TPSA) is 38.8 Å². The molecule has 0 N–H and O–H groups in total. The molecule has 11 heteroatoms. The molecule has 0 bridgehead atoms. The van der Waals surface area contributed by atoms with Crippen LogP contribution in [0.25, 0.3) is 6.08 Å². The summed E-state index contributed by atoms with van der Waals surface area (Å²) in [5.41, 5.74) is 0.102. The van der Waals surface area contributed by atoms with Gasteiger partial charge >= 0.3 is 6.18 Å². The molecule has 0 spiro atoms. The van der Waals surface area contributed by atoms with E-state index in [2.05, 4.69) is 15.9 Å². The Morgan fingerprint density at radius 1 is 1.08 bits per heavy atom. The molecule has 0 saturated carbocycles. The number of amides is 1. The minimum absolute atomic E-state index is 0.0274. The standard InChI is InChI=1S/C26H18BrF4NO3S2/c1-2-34-21-11-15(10-19(27)23(21)35-14-16-6-3-4-9-20(16)28)12-22-24(33)32(25(36)37-22)18-8-5-7-17(13-18)26(29,30)31/h3-13H,2,14H2,1H3/b22-12+. The number of thioether (sulfide) groups is 1. The van der Waals surface area contributed by atoms with Crippen molar-refractivity contribution in [3.05, 3.63) is 92.5 Å². The molecule has 3 aromatic carbocycles. The monoisotopic (exact) mass is 611 g/mol. The van der Waals surface area contributed by atoms with E-state index < -0.39 is 23.5 Å². The van der Waals surface area contributed by atoms with Gasteiger partial charge in [-0.3, -0.25) is 9.69 Å². The molecule has 0 atom stereocenters. The summed E-state index contributed by atoms with van der Waals surface area (Å²) in [6.07, 6.45) is -2.98. The Morgan fingerprint density at radius 3 is 2.54 bits per heavy atom. The van der Waals surface area contributed by atoms with E-state index in [9.17, 15) is 22.4 Å². The number of ether oxygens (including phenoxy) is 2. The van der Waals surface area contributed by atoms with Gasteiger partial charge in [-0.1, -0.05) is 48.2 Å². The highest BCUT2D eigenvalue weighted by atomic mass is 79.9. The zero-order chi connectivity index (χ0) is 26.7. The summed E-state index contributed by atoms with van der Waals surface area (Å²) in [4.78, 5) is 14.4. The first kappa shape index (κ1) is 27.2. The lowest BCUT2D eigenvalue weighted by Crippen LogP contribution is -2.27. The predicted molar refractivity (Wildman–Crippen MR) is 143 cm³/mol. The number of anilines is 1. The summed E-state index contributed by atoms with van der Waals surface area (Å²) in [5, 5.41) is 0. The van der Waals surface area contributed by atoms with Gasteiger partial charge in [0.2, 0.25) is 0 Å². The van der Waals surface area contributed by atoms with E-state index >= 15 is 0 Å². The molecule has 0 aliphatic carbocycles. The van der Waals surface area contributed by atoms with E-state index in [0.29, 0.717) is 33.7 Å². The maximum absolute atomic E-state index is 14.0. The van der Waals surface area contributed by atoms with Gasteiger partial charge < -0.3 is 9.47 Å². The molecule has 4 rings (SSSR count). The van der Waals surface area contributed by atoms with E-state index in [-0.39, 0.29) is 21.5 Å². The quantitative estimate of drug-likeness (QED) is 0.154. The van der Waals surface area contributed by atoms with Gasteiger partial charge in [0.15, 0.2) is 15.8 Å². The van der Waals surface area contributed by atoms with Gasteiger partial charge in [0.25, 0.3) is 5.91 Å². The first-order chi connectivity index (χ1) is 17.6. The van der Waals surface area contributed by atoms with Crippen LogP contribution in [0.5, 0.6) is 11.5 Å². The summed E-state index contributed by atoms with van der Waals surface area (Å²) < 4.78 is 65.6. The lowest BCUT2D eigenvalue weighted by Gasteiger charge is -2.16. The van der Waals surface area contributed by atoms with Crippen LogP contribution in [0.15, 0.2) is 70.0 Å². The molecule has 192 valence electrons. The molecular weight excluding hydrogens is 594 g/mol. The molecule has 37 heavy (non-hydrogen) atoms. The number of carbonyl (C=O) groups is 1. The van der Waals surface area contributed by atoms with Crippen LogP contribution in [-0.4, -0.2) is 16.8 Å². The van der Waals surface area contributed by atoms with Crippen molar-refractivity contribution in [3.63, 3.8) is 0 Å². The number of alkyl halides is 3. The van der Waals surface area contributed by atoms with Crippen LogP contribution in [0.3, 0.4) is 0 Å². The van der Waals surface area contributed by atoms with Crippen LogP contribution in [-0.2, 0) is 17.6 Å². The molecule has 1 fully saturated rings. The average Bonchev–Trinajstić information content (AvgIpc) is 3.11. The molecule has 0 aromatic heterocycles. The molecule has 0 radical (unpaired) electrons. The lowest BCUT2D eigenvalue weighted by atomic mass is 10.1. The summed E-state index contributed by atoms with van der Waals surface area (Å²) in [6.45, 7) is 2.09. The Morgan fingerprint density at radius 2 is 1.84 bits per heavy atom. The summed E-state index contributed by atoms with van der Waals surface area (Å²) in [5.74, 6) is -0.203. The number of carbonyl (C=O) groups excluding carboxylic acids is 1. The fourth-order valence-corrected chi connectivity index (χ4v) is 5.38. The van der Waals surface area contributed by atoms with Crippen molar-refractivity contribution in [2.45, 2.75) is 19.7 Å². The largest absolute Gasteiger partial charge is 0.490 e. The fraction of sp³-hybridized carbons (Fsp3) is 0.154. The zero-order valence-corrected chi connectivity index (χ0v) is 22.4. The Hall–Kier alpha value is -2.89. The highest BCUT2D eigenvalue weighted by Gasteiger charge is 2.36. The second kappa shape index (κ2) is 11.2. The minimum atomic E-state index is -4.55. The number of hydrogen-bond acceptors (Lipinski definition) is 5. The Bertz CT molecular complexity index is 1390. The smallest absolute Gasteiger partial charge is 0.416 e. The van der Waals surface area contributed by atoms with Crippen molar-refractivity contribution in [1.29, 1.82) is 0 Å². The van der Waals surface area contributed by atoms with Crippen molar-refractivity contribution in [2.24, 2.45) is 0 Å². The molecule has 3 aromatic rings. The van der Waals surface area contributed by atoms with Gasteiger partial charge in [0, 0.05) is 5.56 Å². The molecule has 1 saturated heterocycles. The first-order valence-electron chi connectivity index (χ1n) is 10.9. The van der Waals surface area contributed by atoms with Crippen molar-refractivity contribution in [1.82, 2.24) is 0 Å². The highest BCUT2D eigenvalue weighted by Crippen LogP contribution is 2.41. The number of rotatable bonds is 7. The second-order valence-corrected chi connectivity index (χ2v) is 10.2. The van der Waals surface area contributed by atoms with E-state index in [4.69, 9.17) is 21.7 Å². The molecule has 1 aliphatic heterocycles. The third-order valence-corrected chi connectivity index (χ3v) is 7.08. The van der Waals surface area contributed by atoms with Crippen molar-refractivity contribution in [3.8, 4) is 11.5 Å². The number of halogens is 5.